The molecular formula is C15H26O2. The third-order valence-electron chi connectivity index (χ3n) is 3.45. The molecule has 0 fully saturated rings. The Morgan fingerprint density at radius 1 is 1.18 bits per heavy atom. The first-order chi connectivity index (χ1) is 7.92. The predicted molar refractivity (Wildman–Crippen MR) is 73.0 cm³/mol. The monoisotopic (exact) mass is 238 g/mol. The van der Waals surface area contributed by atoms with Crippen LogP contribution in [0.4, 0.5) is 0 Å². The normalized spacial score (nSPS) is 14.6. The molecule has 0 aliphatic rings. The molecule has 0 bridgehead atoms. The van der Waals surface area contributed by atoms with Crippen molar-refractivity contribution in [3.8, 4) is 0 Å². The molecule has 17 heavy (non-hydrogen) atoms. The lowest BCUT2D eigenvalue weighted by Crippen LogP contribution is -2.31. The van der Waals surface area contributed by atoms with Crippen LogP contribution in [0.1, 0.15) is 53.4 Å². The number of allylic oxidation sites excluding steroid dienone is 4. The molecule has 1 N–H and O–H groups in total. The smallest absolute Gasteiger partial charge is 0.309 e. The summed E-state index contributed by atoms with van der Waals surface area (Å²) >= 11 is 0. The van der Waals surface area contributed by atoms with Crippen LogP contribution < -0.4 is 0 Å². The summed E-state index contributed by atoms with van der Waals surface area (Å²) in [7, 11) is 0. The van der Waals surface area contributed by atoms with E-state index in [9.17, 15) is 4.79 Å². The Hall–Kier alpha value is -1.05. The zero-order valence-electron chi connectivity index (χ0n) is 11.6. The first kappa shape index (κ1) is 16.0. The van der Waals surface area contributed by atoms with E-state index in [0.29, 0.717) is 0 Å². The number of aliphatic carboxylic acids is 1. The Labute approximate surface area is 105 Å². The van der Waals surface area contributed by atoms with Crippen molar-refractivity contribution in [2.24, 2.45) is 11.3 Å². The molecule has 0 aromatic carbocycles. The van der Waals surface area contributed by atoms with Crippen LogP contribution in [0.2, 0.25) is 0 Å². The number of hydrogen-bond acceptors (Lipinski definition) is 1. The number of carboxylic acid groups (broad SMARTS) is 1. The molecule has 0 radical (unpaired) electrons. The summed E-state index contributed by atoms with van der Waals surface area (Å²) in [5, 5.41) is 9.09. The fraction of sp³-hybridized carbons (Fsp3) is 0.667. The van der Waals surface area contributed by atoms with Crippen LogP contribution in [0.3, 0.4) is 0 Å². The number of hydrogen-bond donors (Lipinski definition) is 1. The first-order valence-corrected chi connectivity index (χ1v) is 6.42. The Bertz CT molecular complexity index is 275. The lowest BCUT2D eigenvalue weighted by molar-refractivity contribution is -0.149. The average Bonchev–Trinajstić information content (AvgIpc) is 2.27. The summed E-state index contributed by atoms with van der Waals surface area (Å²) in [6.07, 6.45) is 12.6. The van der Waals surface area contributed by atoms with Gasteiger partial charge in [0.05, 0.1) is 5.41 Å². The summed E-state index contributed by atoms with van der Waals surface area (Å²) in [6.45, 7) is 7.65. The highest BCUT2D eigenvalue weighted by molar-refractivity contribution is 5.73. The second-order valence-corrected chi connectivity index (χ2v) is 5.12. The van der Waals surface area contributed by atoms with Gasteiger partial charge in [-0.15, -0.1) is 0 Å². The summed E-state index contributed by atoms with van der Waals surface area (Å²) in [4.78, 5) is 11.0. The van der Waals surface area contributed by atoms with Crippen LogP contribution in [0.5, 0.6) is 0 Å². The lowest BCUT2D eigenvalue weighted by atomic mass is 9.77. The molecule has 1 atom stereocenters. The van der Waals surface area contributed by atoms with Crippen molar-refractivity contribution in [3.63, 3.8) is 0 Å². The molecule has 0 amide bonds. The maximum atomic E-state index is 11.0. The largest absolute Gasteiger partial charge is 0.481 e. The highest BCUT2D eigenvalue weighted by Gasteiger charge is 2.32. The van der Waals surface area contributed by atoms with E-state index in [0.717, 1.165) is 25.7 Å². The van der Waals surface area contributed by atoms with Crippen LogP contribution in [-0.2, 0) is 4.79 Å². The van der Waals surface area contributed by atoms with E-state index in [1.165, 1.54) is 0 Å². The molecule has 0 aliphatic heterocycles. The Balaban J connectivity index is 3.85. The third kappa shape index (κ3) is 6.30. The van der Waals surface area contributed by atoms with Crippen molar-refractivity contribution < 1.29 is 9.90 Å². The molecule has 0 aromatic heterocycles. The average molecular weight is 238 g/mol. The topological polar surface area (TPSA) is 37.3 Å². The molecular weight excluding hydrogens is 212 g/mol. The summed E-state index contributed by atoms with van der Waals surface area (Å²) in [6, 6.07) is 0. The fourth-order valence-corrected chi connectivity index (χ4v) is 1.51. The second-order valence-electron chi connectivity index (χ2n) is 5.12. The van der Waals surface area contributed by atoms with Gasteiger partial charge in [0.25, 0.3) is 0 Å². The summed E-state index contributed by atoms with van der Waals surface area (Å²) < 4.78 is 0. The third-order valence-corrected chi connectivity index (χ3v) is 3.45. The van der Waals surface area contributed by atoms with Gasteiger partial charge >= 0.3 is 5.97 Å². The fourth-order valence-electron chi connectivity index (χ4n) is 1.51. The quantitative estimate of drug-likeness (QED) is 0.502. The van der Waals surface area contributed by atoms with E-state index >= 15 is 0 Å². The van der Waals surface area contributed by atoms with Crippen molar-refractivity contribution >= 4 is 5.97 Å². The van der Waals surface area contributed by atoms with Gasteiger partial charge in [0.2, 0.25) is 0 Å². The maximum absolute atomic E-state index is 11.0. The molecule has 2 nitrogen and oxygen atoms in total. The molecule has 0 spiro atoms. The number of unbranched alkanes of at least 4 members (excludes halogenated alkanes) is 1. The van der Waals surface area contributed by atoms with E-state index in [1.54, 1.807) is 13.8 Å². The van der Waals surface area contributed by atoms with Gasteiger partial charge in [-0.25, -0.2) is 0 Å². The number of carboxylic acids is 1. The molecule has 2 heteroatoms. The first-order valence-electron chi connectivity index (χ1n) is 6.42. The van der Waals surface area contributed by atoms with Crippen LogP contribution in [0.25, 0.3) is 0 Å². The summed E-state index contributed by atoms with van der Waals surface area (Å²) in [5.41, 5.74) is -0.626. The molecule has 0 rings (SSSR count). The Morgan fingerprint density at radius 2 is 1.71 bits per heavy atom. The van der Waals surface area contributed by atoms with E-state index in [4.69, 9.17) is 5.11 Å². The molecule has 98 valence electrons. The van der Waals surface area contributed by atoms with Gasteiger partial charge in [-0.1, -0.05) is 31.2 Å². The van der Waals surface area contributed by atoms with Crippen LogP contribution in [-0.4, -0.2) is 11.1 Å². The minimum absolute atomic E-state index is 0.195. The van der Waals surface area contributed by atoms with Crippen LogP contribution >= 0.6 is 0 Å². The van der Waals surface area contributed by atoms with Gasteiger partial charge in [-0.05, 0) is 52.4 Å². The molecule has 1 unspecified atom stereocenters. The standard InChI is InChI=1S/C15H26O2/c1-5-6-7-8-9-10-11-12-13(2)15(3,4)14(16)17/h5-6,9-10,13H,7-8,11-12H2,1-4H3,(H,16,17). The second kappa shape index (κ2) is 8.10. The van der Waals surface area contributed by atoms with Gasteiger partial charge in [0.15, 0.2) is 0 Å². The van der Waals surface area contributed by atoms with Gasteiger partial charge in [0.1, 0.15) is 0 Å². The van der Waals surface area contributed by atoms with E-state index in [2.05, 4.69) is 24.3 Å². The predicted octanol–water partition coefficient (Wildman–Crippen LogP) is 4.43. The van der Waals surface area contributed by atoms with Gasteiger partial charge in [-0.3, -0.25) is 4.79 Å². The van der Waals surface area contributed by atoms with Gasteiger partial charge in [-0.2, -0.15) is 0 Å². The minimum atomic E-state index is -0.706. The van der Waals surface area contributed by atoms with Crippen molar-refractivity contribution in [2.75, 3.05) is 0 Å². The van der Waals surface area contributed by atoms with Crippen molar-refractivity contribution in [2.45, 2.75) is 53.4 Å². The molecule has 0 saturated carbocycles. The van der Waals surface area contributed by atoms with Crippen molar-refractivity contribution in [1.29, 1.82) is 0 Å². The zero-order chi connectivity index (χ0) is 13.3. The Kier molecular flexibility index (Phi) is 7.60. The molecule has 0 saturated heterocycles. The van der Waals surface area contributed by atoms with E-state index in [-0.39, 0.29) is 5.92 Å². The zero-order valence-corrected chi connectivity index (χ0v) is 11.6. The minimum Gasteiger partial charge on any atom is -0.481 e. The van der Waals surface area contributed by atoms with Crippen molar-refractivity contribution in [1.82, 2.24) is 0 Å². The molecule has 0 aliphatic carbocycles. The van der Waals surface area contributed by atoms with Crippen molar-refractivity contribution in [3.05, 3.63) is 24.3 Å². The Morgan fingerprint density at radius 3 is 2.24 bits per heavy atom. The van der Waals surface area contributed by atoms with Gasteiger partial charge in [0, 0.05) is 0 Å². The maximum Gasteiger partial charge on any atom is 0.309 e. The molecule has 0 aromatic rings. The highest BCUT2D eigenvalue weighted by Crippen LogP contribution is 2.30. The number of rotatable bonds is 8. The highest BCUT2D eigenvalue weighted by atomic mass is 16.4. The van der Waals surface area contributed by atoms with Crippen LogP contribution in [0, 0.1) is 11.3 Å². The van der Waals surface area contributed by atoms with E-state index in [1.807, 2.05) is 13.8 Å². The number of carbonyl (C=O) groups is 1. The molecule has 0 heterocycles. The summed E-state index contributed by atoms with van der Waals surface area (Å²) in [5.74, 6) is -0.512. The van der Waals surface area contributed by atoms with Crippen LogP contribution in [0.15, 0.2) is 24.3 Å². The lowest BCUT2D eigenvalue weighted by Gasteiger charge is -2.26. The van der Waals surface area contributed by atoms with E-state index < -0.39 is 11.4 Å². The van der Waals surface area contributed by atoms with Gasteiger partial charge < -0.3 is 5.11 Å². The SMILES string of the molecule is CC=CCCC=CCCC(C)C(C)(C)C(=O)O.